The molecule has 0 saturated heterocycles. The molecule has 0 saturated carbocycles. The fourth-order valence-corrected chi connectivity index (χ4v) is 1.84. The molecule has 72 valence electrons. The van der Waals surface area contributed by atoms with Gasteiger partial charge in [-0.25, -0.2) is 0 Å². The lowest BCUT2D eigenvalue weighted by Gasteiger charge is -2.19. The monoisotopic (exact) mass is 198 g/mol. The quantitative estimate of drug-likeness (QED) is 0.735. The first-order valence-electron chi connectivity index (χ1n) is 4.32. The van der Waals surface area contributed by atoms with Crippen molar-refractivity contribution in [3.8, 4) is 0 Å². The molecule has 0 aromatic carbocycles. The number of aldehydes is 1. The predicted octanol–water partition coefficient (Wildman–Crippen LogP) is 2.02. The van der Waals surface area contributed by atoms with E-state index in [1.807, 2.05) is 17.5 Å². The fraction of sp³-hybridized carbons (Fsp3) is 0.500. The number of hydrogen-bond donors (Lipinski definition) is 1. The number of carbonyl (C=O) groups excluding carboxylic acids is 1. The summed E-state index contributed by atoms with van der Waals surface area (Å²) in [5.41, 5.74) is -0.842. The number of rotatable bonds is 5. The lowest BCUT2D eigenvalue weighted by molar-refractivity contribution is -0.111. The number of aliphatic hydroxyl groups is 1. The molecule has 0 amide bonds. The molecular weight excluding hydrogens is 184 g/mol. The number of thiophene rings is 1. The van der Waals surface area contributed by atoms with E-state index in [4.69, 9.17) is 0 Å². The molecule has 0 fully saturated rings. The maximum atomic E-state index is 10.2. The van der Waals surface area contributed by atoms with Crippen LogP contribution < -0.4 is 0 Å². The third-order valence-corrected chi connectivity index (χ3v) is 2.95. The molecule has 1 aromatic rings. The van der Waals surface area contributed by atoms with Gasteiger partial charge in [-0.05, 0) is 31.2 Å². The minimum Gasteiger partial charge on any atom is -0.390 e. The van der Waals surface area contributed by atoms with Gasteiger partial charge in [0.2, 0.25) is 0 Å². The lowest BCUT2D eigenvalue weighted by Crippen LogP contribution is -2.25. The van der Waals surface area contributed by atoms with Crippen LogP contribution in [0.2, 0.25) is 0 Å². The number of hydrogen-bond acceptors (Lipinski definition) is 3. The SMILES string of the molecule is CC(O)(CC=O)CCc1cccs1. The molecule has 1 aromatic heterocycles. The molecule has 1 N–H and O–H groups in total. The number of carbonyl (C=O) groups is 1. The van der Waals surface area contributed by atoms with E-state index < -0.39 is 5.60 Å². The first-order valence-corrected chi connectivity index (χ1v) is 5.20. The molecule has 13 heavy (non-hydrogen) atoms. The summed E-state index contributed by atoms with van der Waals surface area (Å²) in [5, 5.41) is 11.7. The zero-order valence-electron chi connectivity index (χ0n) is 7.69. The number of aryl methyl sites for hydroxylation is 1. The Balaban J connectivity index is 2.37. The molecule has 0 aliphatic heterocycles. The molecule has 1 unspecified atom stereocenters. The molecule has 1 atom stereocenters. The lowest BCUT2D eigenvalue weighted by atomic mass is 9.97. The summed E-state index contributed by atoms with van der Waals surface area (Å²) in [6.45, 7) is 1.70. The van der Waals surface area contributed by atoms with Crippen LogP contribution in [0.5, 0.6) is 0 Å². The Hall–Kier alpha value is -0.670. The van der Waals surface area contributed by atoms with E-state index in [2.05, 4.69) is 0 Å². The van der Waals surface area contributed by atoms with Crippen LogP contribution in [0.1, 0.15) is 24.6 Å². The van der Waals surface area contributed by atoms with Gasteiger partial charge in [0.25, 0.3) is 0 Å². The Bertz CT molecular complexity index is 252. The molecule has 0 aliphatic carbocycles. The van der Waals surface area contributed by atoms with Crippen molar-refractivity contribution in [1.29, 1.82) is 0 Å². The second-order valence-corrected chi connectivity index (χ2v) is 4.48. The van der Waals surface area contributed by atoms with Gasteiger partial charge in [0.15, 0.2) is 0 Å². The summed E-state index contributed by atoms with van der Waals surface area (Å²) in [6, 6.07) is 4.04. The largest absolute Gasteiger partial charge is 0.390 e. The zero-order valence-corrected chi connectivity index (χ0v) is 8.51. The van der Waals surface area contributed by atoms with Crippen LogP contribution in [0, 0.1) is 0 Å². The highest BCUT2D eigenvalue weighted by Crippen LogP contribution is 2.19. The van der Waals surface area contributed by atoms with E-state index in [0.717, 1.165) is 12.7 Å². The second kappa shape index (κ2) is 4.53. The Kier molecular flexibility index (Phi) is 3.63. The molecule has 1 heterocycles. The molecule has 0 radical (unpaired) electrons. The van der Waals surface area contributed by atoms with Gasteiger partial charge < -0.3 is 9.90 Å². The van der Waals surface area contributed by atoms with E-state index in [1.54, 1.807) is 18.3 Å². The van der Waals surface area contributed by atoms with Gasteiger partial charge in [0, 0.05) is 11.3 Å². The molecule has 0 aliphatic rings. The third-order valence-electron chi connectivity index (χ3n) is 2.01. The summed E-state index contributed by atoms with van der Waals surface area (Å²) in [7, 11) is 0. The highest BCUT2D eigenvalue weighted by Gasteiger charge is 2.19. The van der Waals surface area contributed by atoms with Crippen LogP contribution in [0.15, 0.2) is 17.5 Å². The van der Waals surface area contributed by atoms with E-state index in [1.165, 1.54) is 4.88 Å². The summed E-state index contributed by atoms with van der Waals surface area (Å²) >= 11 is 1.68. The molecule has 1 rings (SSSR count). The maximum Gasteiger partial charge on any atom is 0.122 e. The minimum atomic E-state index is -0.842. The second-order valence-electron chi connectivity index (χ2n) is 3.45. The predicted molar refractivity (Wildman–Crippen MR) is 53.9 cm³/mol. The molecular formula is C10H14O2S. The summed E-state index contributed by atoms with van der Waals surface area (Å²) in [5.74, 6) is 0. The van der Waals surface area contributed by atoms with Gasteiger partial charge in [0.05, 0.1) is 5.60 Å². The highest BCUT2D eigenvalue weighted by molar-refractivity contribution is 7.09. The third kappa shape index (κ3) is 3.70. The zero-order chi connectivity index (χ0) is 9.73. The minimum absolute atomic E-state index is 0.221. The van der Waals surface area contributed by atoms with Crippen molar-refractivity contribution < 1.29 is 9.90 Å². The first kappa shape index (κ1) is 10.4. The summed E-state index contributed by atoms with van der Waals surface area (Å²) in [6.07, 6.45) is 2.48. The van der Waals surface area contributed by atoms with Gasteiger partial charge in [-0.15, -0.1) is 11.3 Å². The van der Waals surface area contributed by atoms with Crippen LogP contribution in [0.25, 0.3) is 0 Å². The van der Waals surface area contributed by atoms with Crippen molar-refractivity contribution in [2.75, 3.05) is 0 Å². The maximum absolute atomic E-state index is 10.2. The van der Waals surface area contributed by atoms with Crippen LogP contribution in [0.3, 0.4) is 0 Å². The topological polar surface area (TPSA) is 37.3 Å². The van der Waals surface area contributed by atoms with Crippen LogP contribution >= 0.6 is 11.3 Å². The normalized spacial score (nSPS) is 15.2. The van der Waals surface area contributed by atoms with E-state index >= 15 is 0 Å². The van der Waals surface area contributed by atoms with Gasteiger partial charge in [0.1, 0.15) is 6.29 Å². The molecule has 0 spiro atoms. The average molecular weight is 198 g/mol. The van der Waals surface area contributed by atoms with Crippen LogP contribution in [-0.2, 0) is 11.2 Å². The standard InChI is InChI=1S/C10H14O2S/c1-10(12,6-7-11)5-4-9-3-2-8-13-9/h2-3,7-8,12H,4-6H2,1H3. The van der Waals surface area contributed by atoms with Crippen molar-refractivity contribution in [1.82, 2.24) is 0 Å². The van der Waals surface area contributed by atoms with Crippen molar-refractivity contribution in [3.05, 3.63) is 22.4 Å². The van der Waals surface area contributed by atoms with Crippen LogP contribution in [0.4, 0.5) is 0 Å². The highest BCUT2D eigenvalue weighted by atomic mass is 32.1. The first-order chi connectivity index (χ1) is 6.14. The van der Waals surface area contributed by atoms with Gasteiger partial charge in [-0.1, -0.05) is 6.07 Å². The van der Waals surface area contributed by atoms with Gasteiger partial charge in [-0.2, -0.15) is 0 Å². The van der Waals surface area contributed by atoms with Gasteiger partial charge >= 0.3 is 0 Å². The van der Waals surface area contributed by atoms with Crippen LogP contribution in [-0.4, -0.2) is 17.0 Å². The Morgan fingerprint density at radius 2 is 2.46 bits per heavy atom. The average Bonchev–Trinajstić information content (AvgIpc) is 2.52. The van der Waals surface area contributed by atoms with E-state index in [0.29, 0.717) is 6.42 Å². The van der Waals surface area contributed by atoms with Crippen molar-refractivity contribution in [2.45, 2.75) is 31.8 Å². The summed E-state index contributed by atoms with van der Waals surface area (Å²) < 4.78 is 0. The Morgan fingerprint density at radius 3 is 3.00 bits per heavy atom. The van der Waals surface area contributed by atoms with E-state index in [-0.39, 0.29) is 6.42 Å². The fourth-order valence-electron chi connectivity index (χ4n) is 1.13. The molecule has 3 heteroatoms. The van der Waals surface area contributed by atoms with Gasteiger partial charge in [-0.3, -0.25) is 0 Å². The Labute approximate surface area is 82.2 Å². The molecule has 2 nitrogen and oxygen atoms in total. The summed E-state index contributed by atoms with van der Waals surface area (Å²) in [4.78, 5) is 11.5. The Morgan fingerprint density at radius 1 is 1.69 bits per heavy atom. The van der Waals surface area contributed by atoms with E-state index in [9.17, 15) is 9.90 Å². The van der Waals surface area contributed by atoms with Crippen molar-refractivity contribution in [2.24, 2.45) is 0 Å². The molecule has 0 bridgehead atoms. The van der Waals surface area contributed by atoms with Crippen molar-refractivity contribution in [3.63, 3.8) is 0 Å². The van der Waals surface area contributed by atoms with Crippen molar-refractivity contribution >= 4 is 17.6 Å². The smallest absolute Gasteiger partial charge is 0.122 e.